The van der Waals surface area contributed by atoms with Gasteiger partial charge >= 0.3 is 11.8 Å². The van der Waals surface area contributed by atoms with Crippen LogP contribution in [0, 0.1) is 0 Å². The lowest BCUT2D eigenvalue weighted by Gasteiger charge is -2.11. The molecule has 1 aromatic rings. The molecule has 3 N–H and O–H groups in total. The molecule has 1 atom stereocenters. The van der Waals surface area contributed by atoms with Gasteiger partial charge in [-0.1, -0.05) is 36.4 Å². The van der Waals surface area contributed by atoms with Crippen LogP contribution in [0.2, 0.25) is 0 Å². The molecule has 0 saturated carbocycles. The summed E-state index contributed by atoms with van der Waals surface area (Å²) in [4.78, 5) is 22.5. The average molecular weight is 262 g/mol. The van der Waals surface area contributed by atoms with Crippen LogP contribution in [0.1, 0.15) is 18.1 Å². The van der Waals surface area contributed by atoms with E-state index in [2.05, 4.69) is 17.2 Å². The summed E-state index contributed by atoms with van der Waals surface area (Å²) in [6.45, 7) is 3.91. The molecule has 1 rings (SSSR count). The number of rotatable bonds is 6. The Hall–Kier alpha value is -2.14. The molecule has 0 aliphatic rings. The molecule has 0 heterocycles. The number of amides is 2. The molecule has 5 nitrogen and oxygen atoms in total. The minimum Gasteiger partial charge on any atom is -0.388 e. The maximum Gasteiger partial charge on any atom is 0.309 e. The molecule has 0 spiro atoms. The van der Waals surface area contributed by atoms with Gasteiger partial charge in [-0.2, -0.15) is 0 Å². The minimum atomic E-state index is -0.706. The summed E-state index contributed by atoms with van der Waals surface area (Å²) in [6, 6.07) is 9.15. The zero-order valence-corrected chi connectivity index (χ0v) is 10.6. The number of hydrogen-bond acceptors (Lipinski definition) is 3. The van der Waals surface area contributed by atoms with Crippen LogP contribution in [0.15, 0.2) is 43.0 Å². The first-order valence-corrected chi connectivity index (χ1v) is 6.05. The van der Waals surface area contributed by atoms with E-state index in [1.54, 1.807) is 0 Å². The van der Waals surface area contributed by atoms with Crippen LogP contribution in [-0.4, -0.2) is 30.0 Å². The molecule has 5 heteroatoms. The average Bonchev–Trinajstić information content (AvgIpc) is 2.45. The summed E-state index contributed by atoms with van der Waals surface area (Å²) in [5, 5.41) is 14.7. The van der Waals surface area contributed by atoms with Gasteiger partial charge in [-0.15, -0.1) is 6.58 Å². The van der Waals surface area contributed by atoms with Crippen molar-refractivity contribution in [3.63, 3.8) is 0 Å². The van der Waals surface area contributed by atoms with E-state index in [1.807, 2.05) is 30.3 Å². The van der Waals surface area contributed by atoms with Crippen LogP contribution >= 0.6 is 0 Å². The van der Waals surface area contributed by atoms with Crippen LogP contribution in [0.4, 0.5) is 0 Å². The number of hydrogen-bond donors (Lipinski definition) is 3. The topological polar surface area (TPSA) is 78.4 Å². The zero-order chi connectivity index (χ0) is 14.1. The van der Waals surface area contributed by atoms with Crippen molar-refractivity contribution >= 4 is 11.8 Å². The summed E-state index contributed by atoms with van der Waals surface area (Å²) in [7, 11) is 0. The van der Waals surface area contributed by atoms with Gasteiger partial charge in [0.1, 0.15) is 0 Å². The second-order valence-corrected chi connectivity index (χ2v) is 3.97. The standard InChI is InChI=1S/C14H18N2O3/c1-2-9-15-13(18)14(19)16-10-8-12(17)11-6-4-3-5-7-11/h2-7,12,17H,1,8-10H2,(H,15,18)(H,16,19). The third kappa shape index (κ3) is 5.35. The van der Waals surface area contributed by atoms with Crippen molar-refractivity contribution in [3.05, 3.63) is 48.6 Å². The van der Waals surface area contributed by atoms with Crippen molar-refractivity contribution < 1.29 is 14.7 Å². The Morgan fingerprint density at radius 2 is 1.84 bits per heavy atom. The Morgan fingerprint density at radius 3 is 2.47 bits per heavy atom. The Morgan fingerprint density at radius 1 is 1.21 bits per heavy atom. The maximum atomic E-state index is 11.3. The predicted molar refractivity (Wildman–Crippen MR) is 72.2 cm³/mol. The van der Waals surface area contributed by atoms with E-state index in [4.69, 9.17) is 0 Å². The highest BCUT2D eigenvalue weighted by Crippen LogP contribution is 2.14. The molecular formula is C14H18N2O3. The van der Waals surface area contributed by atoms with Crippen LogP contribution in [-0.2, 0) is 9.59 Å². The van der Waals surface area contributed by atoms with E-state index in [-0.39, 0.29) is 13.1 Å². The molecule has 0 aliphatic carbocycles. The minimum absolute atomic E-state index is 0.233. The fourth-order valence-electron chi connectivity index (χ4n) is 1.49. The molecule has 0 saturated heterocycles. The summed E-state index contributed by atoms with van der Waals surface area (Å²) in [6.07, 6.45) is 1.19. The first-order valence-electron chi connectivity index (χ1n) is 6.05. The van der Waals surface area contributed by atoms with E-state index >= 15 is 0 Å². The lowest BCUT2D eigenvalue weighted by atomic mass is 10.1. The van der Waals surface area contributed by atoms with Crippen LogP contribution < -0.4 is 10.6 Å². The zero-order valence-electron chi connectivity index (χ0n) is 10.6. The van der Waals surface area contributed by atoms with E-state index in [0.717, 1.165) is 5.56 Å². The molecule has 0 aromatic heterocycles. The Kier molecular flexibility index (Phi) is 6.32. The highest BCUT2D eigenvalue weighted by atomic mass is 16.3. The van der Waals surface area contributed by atoms with Gasteiger partial charge in [-0.05, 0) is 12.0 Å². The second-order valence-electron chi connectivity index (χ2n) is 3.97. The highest BCUT2D eigenvalue weighted by molar-refractivity contribution is 6.35. The van der Waals surface area contributed by atoms with Crippen molar-refractivity contribution in [2.24, 2.45) is 0 Å². The van der Waals surface area contributed by atoms with Crippen molar-refractivity contribution in [3.8, 4) is 0 Å². The van der Waals surface area contributed by atoms with E-state index < -0.39 is 17.9 Å². The molecular weight excluding hydrogens is 244 g/mol. The van der Waals surface area contributed by atoms with Gasteiger partial charge in [-0.3, -0.25) is 9.59 Å². The number of carbonyl (C=O) groups is 2. The lowest BCUT2D eigenvalue weighted by Crippen LogP contribution is -2.40. The number of aliphatic hydroxyl groups excluding tert-OH is 1. The van der Waals surface area contributed by atoms with E-state index in [1.165, 1.54) is 6.08 Å². The van der Waals surface area contributed by atoms with Gasteiger partial charge in [-0.25, -0.2) is 0 Å². The van der Waals surface area contributed by atoms with Crippen LogP contribution in [0.3, 0.4) is 0 Å². The molecule has 0 bridgehead atoms. The Labute approximate surface area is 112 Å². The summed E-state index contributed by atoms with van der Waals surface area (Å²) < 4.78 is 0. The number of carbonyl (C=O) groups excluding carboxylic acids is 2. The molecule has 19 heavy (non-hydrogen) atoms. The Bertz CT molecular complexity index is 432. The number of nitrogens with one attached hydrogen (secondary N) is 2. The van der Waals surface area contributed by atoms with Gasteiger partial charge in [0, 0.05) is 13.1 Å². The SMILES string of the molecule is C=CCNC(=O)C(=O)NCCC(O)c1ccccc1. The molecule has 1 aromatic carbocycles. The van der Waals surface area contributed by atoms with Gasteiger partial charge < -0.3 is 15.7 Å². The third-order valence-electron chi connectivity index (χ3n) is 2.50. The van der Waals surface area contributed by atoms with Crippen LogP contribution in [0.5, 0.6) is 0 Å². The van der Waals surface area contributed by atoms with E-state index in [9.17, 15) is 14.7 Å². The smallest absolute Gasteiger partial charge is 0.309 e. The molecule has 0 fully saturated rings. The first kappa shape index (κ1) is 14.9. The van der Waals surface area contributed by atoms with Gasteiger partial charge in [0.15, 0.2) is 0 Å². The van der Waals surface area contributed by atoms with Gasteiger partial charge in [0.05, 0.1) is 6.10 Å². The number of aliphatic hydroxyl groups is 1. The third-order valence-corrected chi connectivity index (χ3v) is 2.50. The molecule has 102 valence electrons. The highest BCUT2D eigenvalue weighted by Gasteiger charge is 2.12. The quantitative estimate of drug-likeness (QED) is 0.517. The molecule has 2 amide bonds. The molecule has 1 unspecified atom stereocenters. The Balaban J connectivity index is 2.28. The van der Waals surface area contributed by atoms with Crippen molar-refractivity contribution in [1.82, 2.24) is 10.6 Å². The predicted octanol–water partition coefficient (Wildman–Crippen LogP) is 0.528. The second kappa shape index (κ2) is 8.05. The van der Waals surface area contributed by atoms with Gasteiger partial charge in [0.25, 0.3) is 0 Å². The monoisotopic (exact) mass is 262 g/mol. The van der Waals surface area contributed by atoms with Crippen molar-refractivity contribution in [2.45, 2.75) is 12.5 Å². The van der Waals surface area contributed by atoms with Gasteiger partial charge in [0.2, 0.25) is 0 Å². The number of benzene rings is 1. The van der Waals surface area contributed by atoms with E-state index in [0.29, 0.717) is 6.42 Å². The molecule has 0 aliphatic heterocycles. The van der Waals surface area contributed by atoms with Crippen LogP contribution in [0.25, 0.3) is 0 Å². The summed E-state index contributed by atoms with van der Waals surface area (Å²) in [5.41, 5.74) is 0.785. The normalized spacial score (nSPS) is 11.4. The van der Waals surface area contributed by atoms with Crippen molar-refractivity contribution in [1.29, 1.82) is 0 Å². The summed E-state index contributed by atoms with van der Waals surface area (Å²) >= 11 is 0. The fourth-order valence-corrected chi connectivity index (χ4v) is 1.49. The largest absolute Gasteiger partial charge is 0.388 e. The lowest BCUT2D eigenvalue weighted by molar-refractivity contribution is -0.139. The maximum absolute atomic E-state index is 11.3. The summed E-state index contributed by atoms with van der Waals surface area (Å²) in [5.74, 6) is -1.41. The molecule has 0 radical (unpaired) electrons. The fraction of sp³-hybridized carbons (Fsp3) is 0.286. The van der Waals surface area contributed by atoms with Crippen molar-refractivity contribution in [2.75, 3.05) is 13.1 Å². The first-order chi connectivity index (χ1) is 9.15.